The van der Waals surface area contributed by atoms with Gasteiger partial charge in [0.25, 0.3) is 0 Å². The maximum Gasteiger partial charge on any atom is 0.328 e. The predicted octanol–water partition coefficient (Wildman–Crippen LogP) is 4.35. The van der Waals surface area contributed by atoms with Crippen molar-refractivity contribution in [1.29, 1.82) is 0 Å². The van der Waals surface area contributed by atoms with Crippen molar-refractivity contribution in [2.24, 2.45) is 0 Å². The average molecular weight is 293 g/mol. The van der Waals surface area contributed by atoms with E-state index in [0.29, 0.717) is 0 Å². The topological polar surface area (TPSA) is 31.2 Å². The highest BCUT2D eigenvalue weighted by molar-refractivity contribution is 5.89. The fourth-order valence-corrected chi connectivity index (χ4v) is 2.82. The number of aromatic nitrogens is 1. The zero-order valence-electron chi connectivity index (χ0n) is 13.0. The van der Waals surface area contributed by atoms with E-state index in [9.17, 15) is 4.79 Å². The third-order valence-electron chi connectivity index (χ3n) is 4.02. The van der Waals surface area contributed by atoms with Gasteiger partial charge in [0.15, 0.2) is 0 Å². The Balaban J connectivity index is 2.24. The van der Waals surface area contributed by atoms with Crippen molar-refractivity contribution in [3.8, 4) is 11.3 Å². The number of carbonyl (C=O) groups is 1. The van der Waals surface area contributed by atoms with Gasteiger partial charge in [0, 0.05) is 16.6 Å². The summed E-state index contributed by atoms with van der Waals surface area (Å²) in [6.45, 7) is 3.94. The monoisotopic (exact) mass is 293 g/mol. The second-order valence-corrected chi connectivity index (χ2v) is 5.52. The van der Waals surface area contributed by atoms with Crippen molar-refractivity contribution in [3.63, 3.8) is 0 Å². The smallest absolute Gasteiger partial charge is 0.328 e. The molecule has 1 unspecified atom stereocenters. The van der Waals surface area contributed by atoms with Crippen LogP contribution >= 0.6 is 0 Å². The number of benzene rings is 2. The van der Waals surface area contributed by atoms with Crippen molar-refractivity contribution in [1.82, 2.24) is 4.57 Å². The Morgan fingerprint density at radius 3 is 2.45 bits per heavy atom. The molecule has 1 heterocycles. The van der Waals surface area contributed by atoms with Crippen molar-refractivity contribution in [2.45, 2.75) is 19.9 Å². The molecule has 0 saturated heterocycles. The summed E-state index contributed by atoms with van der Waals surface area (Å²) in [6.07, 6.45) is 0. The molecule has 0 N–H and O–H groups in total. The number of methoxy groups -OCH3 is 1. The van der Waals surface area contributed by atoms with Crippen LogP contribution in [-0.2, 0) is 9.53 Å². The molecule has 112 valence electrons. The Hall–Kier alpha value is -2.55. The Kier molecular flexibility index (Phi) is 3.72. The number of hydrogen-bond donors (Lipinski definition) is 0. The minimum Gasteiger partial charge on any atom is -0.467 e. The van der Waals surface area contributed by atoms with Gasteiger partial charge in [-0.25, -0.2) is 4.79 Å². The summed E-state index contributed by atoms with van der Waals surface area (Å²) >= 11 is 0. The number of esters is 1. The van der Waals surface area contributed by atoms with Gasteiger partial charge in [-0.3, -0.25) is 0 Å². The van der Waals surface area contributed by atoms with Gasteiger partial charge < -0.3 is 9.30 Å². The Morgan fingerprint density at radius 1 is 1.09 bits per heavy atom. The molecule has 0 fully saturated rings. The molecule has 3 aromatic rings. The molecule has 3 heteroatoms. The molecule has 2 aromatic carbocycles. The lowest BCUT2D eigenvalue weighted by Crippen LogP contribution is -2.18. The van der Waals surface area contributed by atoms with Crippen molar-refractivity contribution in [3.05, 3.63) is 60.2 Å². The van der Waals surface area contributed by atoms with E-state index in [4.69, 9.17) is 4.74 Å². The first kappa shape index (κ1) is 14.4. The van der Waals surface area contributed by atoms with Gasteiger partial charge in [-0.1, -0.05) is 48.0 Å². The number of nitrogens with zero attached hydrogens (tertiary/aromatic N) is 1. The zero-order valence-corrected chi connectivity index (χ0v) is 13.0. The molecule has 22 heavy (non-hydrogen) atoms. The minimum absolute atomic E-state index is 0.241. The van der Waals surface area contributed by atoms with Crippen LogP contribution in [0.3, 0.4) is 0 Å². The van der Waals surface area contributed by atoms with Gasteiger partial charge in [-0.05, 0) is 31.5 Å². The highest BCUT2D eigenvalue weighted by Gasteiger charge is 2.21. The molecule has 0 spiro atoms. The molecule has 0 radical (unpaired) electrons. The molecular weight excluding hydrogens is 274 g/mol. The minimum atomic E-state index is -0.374. The van der Waals surface area contributed by atoms with Crippen LogP contribution in [0.5, 0.6) is 0 Å². The normalized spacial score (nSPS) is 12.3. The van der Waals surface area contributed by atoms with Crippen molar-refractivity contribution >= 4 is 16.9 Å². The van der Waals surface area contributed by atoms with Crippen LogP contribution in [0.25, 0.3) is 22.2 Å². The van der Waals surface area contributed by atoms with Gasteiger partial charge in [-0.15, -0.1) is 0 Å². The molecule has 0 aliphatic carbocycles. The van der Waals surface area contributed by atoms with Gasteiger partial charge in [0.1, 0.15) is 6.04 Å². The van der Waals surface area contributed by atoms with E-state index in [-0.39, 0.29) is 12.0 Å². The van der Waals surface area contributed by atoms with Gasteiger partial charge >= 0.3 is 5.97 Å². The van der Waals surface area contributed by atoms with Crippen LogP contribution in [0.1, 0.15) is 18.5 Å². The summed E-state index contributed by atoms with van der Waals surface area (Å²) < 4.78 is 6.98. The average Bonchev–Trinajstić information content (AvgIpc) is 2.93. The quantitative estimate of drug-likeness (QED) is 0.672. The van der Waals surface area contributed by atoms with Gasteiger partial charge in [-0.2, -0.15) is 0 Å². The first-order valence-corrected chi connectivity index (χ1v) is 7.36. The fourth-order valence-electron chi connectivity index (χ4n) is 2.82. The summed E-state index contributed by atoms with van der Waals surface area (Å²) in [5, 5.41) is 1.12. The molecule has 0 bridgehead atoms. The molecular formula is C19H19NO2. The first-order valence-electron chi connectivity index (χ1n) is 7.36. The molecule has 3 rings (SSSR count). The van der Waals surface area contributed by atoms with E-state index < -0.39 is 0 Å². The molecule has 1 atom stereocenters. The van der Waals surface area contributed by atoms with E-state index in [0.717, 1.165) is 22.2 Å². The van der Waals surface area contributed by atoms with E-state index in [1.54, 1.807) is 0 Å². The van der Waals surface area contributed by atoms with E-state index in [2.05, 4.69) is 43.3 Å². The predicted molar refractivity (Wildman–Crippen MR) is 88.8 cm³/mol. The van der Waals surface area contributed by atoms with E-state index >= 15 is 0 Å². The molecule has 0 amide bonds. The summed E-state index contributed by atoms with van der Waals surface area (Å²) in [5.74, 6) is -0.241. The van der Waals surface area contributed by atoms with Gasteiger partial charge in [0.05, 0.1) is 7.11 Å². The summed E-state index contributed by atoms with van der Waals surface area (Å²) in [5.41, 5.74) is 4.38. The highest BCUT2D eigenvalue weighted by Crippen LogP contribution is 2.32. The maximum absolute atomic E-state index is 12.0. The first-order chi connectivity index (χ1) is 10.6. The van der Waals surface area contributed by atoms with Crippen LogP contribution in [-0.4, -0.2) is 17.6 Å². The molecule has 0 saturated carbocycles. The lowest BCUT2D eigenvalue weighted by atomic mass is 10.1. The van der Waals surface area contributed by atoms with Crippen LogP contribution < -0.4 is 0 Å². The third kappa shape index (κ3) is 2.39. The Bertz CT molecular complexity index is 815. The summed E-state index contributed by atoms with van der Waals surface area (Å²) in [7, 11) is 1.43. The standard InChI is InChI=1S/C19H19NO2/c1-13-8-10-15(11-9-13)18-12-16-6-4-5-7-17(16)20(18)14(2)19(21)22-3/h4-12,14H,1-3H3. The number of hydrogen-bond acceptors (Lipinski definition) is 2. The Labute approximate surface area is 130 Å². The number of carbonyl (C=O) groups excluding carboxylic acids is 1. The van der Waals surface area contributed by atoms with Crippen LogP contribution in [0.4, 0.5) is 0 Å². The van der Waals surface area contributed by atoms with Gasteiger partial charge in [0.2, 0.25) is 0 Å². The zero-order chi connectivity index (χ0) is 15.7. The van der Waals surface area contributed by atoms with Crippen LogP contribution in [0.15, 0.2) is 54.6 Å². The van der Waals surface area contributed by atoms with Crippen LogP contribution in [0, 0.1) is 6.92 Å². The summed E-state index contributed by atoms with van der Waals surface area (Å²) in [4.78, 5) is 12.0. The molecule has 1 aromatic heterocycles. The number of rotatable bonds is 3. The number of ether oxygens (including phenoxy) is 1. The maximum atomic E-state index is 12.0. The second kappa shape index (κ2) is 5.68. The third-order valence-corrected chi connectivity index (χ3v) is 4.02. The fraction of sp³-hybridized carbons (Fsp3) is 0.211. The number of para-hydroxylation sites is 1. The molecule has 0 aliphatic rings. The van der Waals surface area contributed by atoms with Crippen molar-refractivity contribution < 1.29 is 9.53 Å². The summed E-state index contributed by atoms with van der Waals surface area (Å²) in [6, 6.07) is 18.2. The SMILES string of the molecule is COC(=O)C(C)n1c(-c2ccc(C)cc2)cc2ccccc21. The molecule has 0 aliphatic heterocycles. The van der Waals surface area contributed by atoms with Crippen molar-refractivity contribution in [2.75, 3.05) is 7.11 Å². The second-order valence-electron chi connectivity index (χ2n) is 5.52. The van der Waals surface area contributed by atoms with E-state index in [1.807, 2.05) is 29.7 Å². The highest BCUT2D eigenvalue weighted by atomic mass is 16.5. The van der Waals surface area contributed by atoms with E-state index in [1.165, 1.54) is 12.7 Å². The number of fused-ring (bicyclic) bond motifs is 1. The largest absolute Gasteiger partial charge is 0.467 e. The lowest BCUT2D eigenvalue weighted by Gasteiger charge is -2.17. The lowest BCUT2D eigenvalue weighted by molar-refractivity contribution is -0.143. The number of aryl methyl sites for hydroxylation is 1. The Morgan fingerprint density at radius 2 is 1.77 bits per heavy atom. The molecule has 3 nitrogen and oxygen atoms in total. The van der Waals surface area contributed by atoms with Crippen LogP contribution in [0.2, 0.25) is 0 Å².